The van der Waals surface area contributed by atoms with Crippen LogP contribution in [0.5, 0.6) is 0 Å². The molecule has 1 atom stereocenters. The highest BCUT2D eigenvalue weighted by Crippen LogP contribution is 2.34. The first-order chi connectivity index (χ1) is 21.8. The lowest BCUT2D eigenvalue weighted by molar-refractivity contribution is -0.384. The number of hydrogen-bond acceptors (Lipinski definition) is 7. The van der Waals surface area contributed by atoms with Gasteiger partial charge in [-0.25, -0.2) is 18.6 Å². The number of nitro benzene ring substituents is 1. The average molecular weight is 653 g/mol. The number of fused-ring (bicyclic) bond motifs is 1. The van der Waals surface area contributed by atoms with Gasteiger partial charge in [0.25, 0.3) is 5.69 Å². The van der Waals surface area contributed by atoms with E-state index in [4.69, 9.17) is 21.3 Å². The first kappa shape index (κ1) is 32.4. The Bertz CT molecular complexity index is 1790. The monoisotopic (exact) mass is 652 g/mol. The van der Waals surface area contributed by atoms with E-state index in [-0.39, 0.29) is 36.8 Å². The van der Waals surface area contributed by atoms with Crippen molar-refractivity contribution in [3.8, 4) is 11.3 Å². The van der Waals surface area contributed by atoms with Crippen LogP contribution in [0.2, 0.25) is 5.02 Å². The molecule has 1 aliphatic heterocycles. The van der Waals surface area contributed by atoms with E-state index in [0.717, 1.165) is 0 Å². The SMILES string of the molecule is CC(C)(C)OC(=O)N[C@@H](Cc1ccc([N+](=O)[O-])cc1)C(=O)N1CCn2c(nc(-c3cccc(F)c3)c2Nc2ccc(Cl)c(F)c2)C1. The smallest absolute Gasteiger partial charge is 0.408 e. The maximum absolute atomic E-state index is 14.3. The third kappa shape index (κ3) is 7.60. The Morgan fingerprint density at radius 3 is 2.48 bits per heavy atom. The summed E-state index contributed by atoms with van der Waals surface area (Å²) in [5.74, 6) is -0.553. The summed E-state index contributed by atoms with van der Waals surface area (Å²) in [4.78, 5) is 43.6. The number of carbonyl (C=O) groups excluding carboxylic acids is 2. The van der Waals surface area contributed by atoms with Gasteiger partial charge in [-0.15, -0.1) is 0 Å². The number of nitrogens with one attached hydrogen (secondary N) is 2. The van der Waals surface area contributed by atoms with E-state index in [1.165, 1.54) is 53.4 Å². The van der Waals surface area contributed by atoms with Crippen LogP contribution in [0.25, 0.3) is 11.3 Å². The van der Waals surface area contributed by atoms with Gasteiger partial charge < -0.3 is 24.8 Å². The molecular formula is C32H31ClF2N6O5. The normalized spacial score (nSPS) is 13.5. The molecular weight excluding hydrogens is 622 g/mol. The highest BCUT2D eigenvalue weighted by molar-refractivity contribution is 6.30. The van der Waals surface area contributed by atoms with Gasteiger partial charge in [0.2, 0.25) is 5.91 Å². The Morgan fingerprint density at radius 2 is 1.83 bits per heavy atom. The van der Waals surface area contributed by atoms with Crippen LogP contribution in [0.4, 0.5) is 30.8 Å². The molecule has 0 saturated heterocycles. The van der Waals surface area contributed by atoms with Crippen molar-refractivity contribution in [1.82, 2.24) is 19.8 Å². The second-order valence-electron chi connectivity index (χ2n) is 11.7. The van der Waals surface area contributed by atoms with Gasteiger partial charge >= 0.3 is 6.09 Å². The summed E-state index contributed by atoms with van der Waals surface area (Å²) >= 11 is 5.87. The first-order valence-electron chi connectivity index (χ1n) is 14.4. The number of nitro groups is 1. The average Bonchev–Trinajstić information content (AvgIpc) is 3.35. The van der Waals surface area contributed by atoms with Gasteiger partial charge in [-0.05, 0) is 56.7 Å². The fourth-order valence-corrected chi connectivity index (χ4v) is 5.17. The molecule has 14 heteroatoms. The summed E-state index contributed by atoms with van der Waals surface area (Å²) in [6, 6.07) is 14.8. The van der Waals surface area contributed by atoms with Crippen LogP contribution in [-0.2, 0) is 29.0 Å². The van der Waals surface area contributed by atoms with Gasteiger partial charge in [0.15, 0.2) is 0 Å². The van der Waals surface area contributed by atoms with Crippen molar-refractivity contribution < 1.29 is 28.0 Å². The van der Waals surface area contributed by atoms with Gasteiger partial charge in [0.1, 0.15) is 40.6 Å². The quantitative estimate of drug-likeness (QED) is 0.162. The van der Waals surface area contributed by atoms with E-state index < -0.39 is 40.2 Å². The summed E-state index contributed by atoms with van der Waals surface area (Å²) < 4.78 is 35.8. The van der Waals surface area contributed by atoms with Crippen LogP contribution in [0, 0.1) is 21.7 Å². The standard InChI is InChI=1S/C32H31ClF2N6O5/c1-32(2,3)46-31(43)37-26(15-19-7-10-23(11-8-19)41(44)45)30(42)39-13-14-40-27(18-39)38-28(20-5-4-6-21(34)16-20)29(40)36-22-9-12-24(33)25(35)17-22/h4-12,16-17,26,36H,13-15,18H2,1-3H3,(H,37,43)/t26-/m0/s1. The van der Waals surface area contributed by atoms with E-state index in [0.29, 0.717) is 34.2 Å². The third-order valence-corrected chi connectivity index (χ3v) is 7.45. The van der Waals surface area contributed by atoms with Gasteiger partial charge in [-0.1, -0.05) is 35.9 Å². The topological polar surface area (TPSA) is 132 Å². The number of non-ortho nitro benzene ring substituents is 1. The van der Waals surface area contributed by atoms with E-state index >= 15 is 0 Å². The zero-order valence-electron chi connectivity index (χ0n) is 25.2. The molecule has 0 bridgehead atoms. The number of carbonyl (C=O) groups is 2. The van der Waals surface area contributed by atoms with Crippen molar-refractivity contribution in [2.24, 2.45) is 0 Å². The molecule has 0 fully saturated rings. The van der Waals surface area contributed by atoms with Gasteiger partial charge in [-0.2, -0.15) is 0 Å². The lowest BCUT2D eigenvalue weighted by Crippen LogP contribution is -2.52. The van der Waals surface area contributed by atoms with Crippen molar-refractivity contribution >= 4 is 40.8 Å². The van der Waals surface area contributed by atoms with Crippen LogP contribution >= 0.6 is 11.6 Å². The zero-order valence-corrected chi connectivity index (χ0v) is 26.0. The number of nitrogens with zero attached hydrogens (tertiary/aromatic N) is 4. The number of imidazole rings is 1. The van der Waals surface area contributed by atoms with E-state index in [1.807, 2.05) is 4.57 Å². The number of aromatic nitrogens is 2. The number of amides is 2. The Balaban J connectivity index is 1.45. The molecule has 11 nitrogen and oxygen atoms in total. The van der Waals surface area contributed by atoms with Crippen LogP contribution in [0.3, 0.4) is 0 Å². The number of anilines is 2. The van der Waals surface area contributed by atoms with Crippen molar-refractivity contribution in [1.29, 1.82) is 0 Å². The molecule has 4 aromatic rings. The Kier molecular flexibility index (Phi) is 9.24. The number of benzene rings is 3. The van der Waals surface area contributed by atoms with Crippen LogP contribution in [0.1, 0.15) is 32.2 Å². The van der Waals surface area contributed by atoms with Crippen molar-refractivity contribution in [2.75, 3.05) is 11.9 Å². The fourth-order valence-electron chi connectivity index (χ4n) is 5.05. The predicted octanol–water partition coefficient (Wildman–Crippen LogP) is 6.61. The molecule has 2 N–H and O–H groups in total. The number of hydrogen-bond donors (Lipinski definition) is 2. The van der Waals surface area contributed by atoms with E-state index in [2.05, 4.69) is 10.6 Å². The predicted molar refractivity (Wildman–Crippen MR) is 168 cm³/mol. The number of halogens is 3. The zero-order chi connectivity index (χ0) is 33.2. The highest BCUT2D eigenvalue weighted by atomic mass is 35.5. The van der Waals surface area contributed by atoms with Crippen molar-refractivity contribution in [3.63, 3.8) is 0 Å². The molecule has 1 aromatic heterocycles. The summed E-state index contributed by atoms with van der Waals surface area (Å²) in [6.45, 7) is 5.64. The summed E-state index contributed by atoms with van der Waals surface area (Å²) in [7, 11) is 0. The van der Waals surface area contributed by atoms with Crippen LogP contribution in [0.15, 0.2) is 66.7 Å². The maximum Gasteiger partial charge on any atom is 0.408 e. The van der Waals surface area contributed by atoms with Crippen molar-refractivity contribution in [3.05, 3.63) is 105 Å². The second-order valence-corrected chi connectivity index (χ2v) is 12.1. The Hall–Kier alpha value is -5.04. The minimum Gasteiger partial charge on any atom is -0.444 e. The molecule has 2 amide bonds. The lowest BCUT2D eigenvalue weighted by Gasteiger charge is -2.32. The molecule has 2 heterocycles. The third-order valence-electron chi connectivity index (χ3n) is 7.14. The number of ether oxygens (including phenoxy) is 1. The van der Waals surface area contributed by atoms with Crippen molar-refractivity contribution in [2.45, 2.75) is 51.9 Å². The molecule has 46 heavy (non-hydrogen) atoms. The molecule has 5 rings (SSSR count). The minimum atomic E-state index is -1.06. The summed E-state index contributed by atoms with van der Waals surface area (Å²) in [6.07, 6.45) is -0.744. The molecule has 240 valence electrons. The second kappa shape index (κ2) is 13.1. The molecule has 3 aromatic carbocycles. The minimum absolute atomic E-state index is 0.0383. The summed E-state index contributed by atoms with van der Waals surface area (Å²) in [5, 5.41) is 16.9. The van der Waals surface area contributed by atoms with Gasteiger partial charge in [-0.3, -0.25) is 14.9 Å². The van der Waals surface area contributed by atoms with Crippen LogP contribution < -0.4 is 10.6 Å². The Morgan fingerprint density at radius 1 is 1.09 bits per heavy atom. The van der Waals surface area contributed by atoms with Gasteiger partial charge in [0, 0.05) is 42.9 Å². The molecule has 1 aliphatic rings. The van der Waals surface area contributed by atoms with Gasteiger partial charge in [0.05, 0.1) is 16.5 Å². The summed E-state index contributed by atoms with van der Waals surface area (Å²) in [5.41, 5.74) is 0.936. The molecule has 0 radical (unpaired) electrons. The largest absolute Gasteiger partial charge is 0.444 e. The van der Waals surface area contributed by atoms with Crippen LogP contribution in [-0.4, -0.2) is 49.6 Å². The van der Waals surface area contributed by atoms with E-state index in [9.17, 15) is 28.5 Å². The highest BCUT2D eigenvalue weighted by Gasteiger charge is 2.33. The Labute approximate surface area is 268 Å². The fraction of sp³-hybridized carbons (Fsp3) is 0.281. The number of rotatable bonds is 8. The molecule has 0 saturated carbocycles. The van der Waals surface area contributed by atoms with E-state index in [1.54, 1.807) is 39.0 Å². The number of alkyl carbamates (subject to hydrolysis) is 1. The molecule has 0 unspecified atom stereocenters. The molecule has 0 spiro atoms. The lowest BCUT2D eigenvalue weighted by atomic mass is 10.0. The molecule has 0 aliphatic carbocycles. The first-order valence-corrected chi connectivity index (χ1v) is 14.7. The maximum atomic E-state index is 14.3.